The van der Waals surface area contributed by atoms with Crippen LogP contribution in [0.15, 0.2) is 18.3 Å². The van der Waals surface area contributed by atoms with E-state index in [1.165, 1.54) is 7.11 Å². The lowest BCUT2D eigenvalue weighted by molar-refractivity contribution is 0.0596. The minimum atomic E-state index is -0.533. The standard InChI is InChI=1S/C14H17N3O3/c1-20-14(19)12-13-10(18)5-3-7-17(13)11(16-12)8-9-4-2-6-15-9/h3,5,7,9,15,18H,2,4,6,8H2,1H3. The normalized spacial score (nSPS) is 18.6. The molecular formula is C14H17N3O3. The summed E-state index contributed by atoms with van der Waals surface area (Å²) in [6.07, 6.45) is 4.78. The van der Waals surface area contributed by atoms with Crippen molar-refractivity contribution in [3.63, 3.8) is 0 Å². The molecule has 2 aromatic rings. The predicted molar refractivity (Wildman–Crippen MR) is 72.9 cm³/mol. The fourth-order valence-electron chi connectivity index (χ4n) is 2.72. The SMILES string of the molecule is COC(=O)c1nc(CC2CCCN2)n2cccc(O)c12. The average molecular weight is 275 g/mol. The summed E-state index contributed by atoms with van der Waals surface area (Å²) in [6.45, 7) is 1.02. The molecule has 106 valence electrons. The Bertz CT molecular complexity index is 644. The van der Waals surface area contributed by atoms with Gasteiger partial charge in [0.05, 0.1) is 7.11 Å². The van der Waals surface area contributed by atoms with Crippen molar-refractivity contribution in [3.05, 3.63) is 29.8 Å². The molecule has 1 fully saturated rings. The third-order valence-corrected chi connectivity index (χ3v) is 3.69. The number of carbonyl (C=O) groups is 1. The number of esters is 1. The van der Waals surface area contributed by atoms with Crippen LogP contribution in [0.5, 0.6) is 5.75 Å². The van der Waals surface area contributed by atoms with E-state index < -0.39 is 5.97 Å². The number of fused-ring (bicyclic) bond motifs is 1. The number of aromatic hydroxyl groups is 1. The molecule has 1 unspecified atom stereocenters. The Labute approximate surface area is 116 Å². The Morgan fingerprint density at radius 3 is 3.20 bits per heavy atom. The van der Waals surface area contributed by atoms with Gasteiger partial charge in [-0.3, -0.25) is 4.40 Å². The molecule has 0 aliphatic carbocycles. The minimum absolute atomic E-state index is 0.0334. The van der Waals surface area contributed by atoms with E-state index >= 15 is 0 Å². The highest BCUT2D eigenvalue weighted by atomic mass is 16.5. The molecule has 1 atom stereocenters. The molecule has 0 spiro atoms. The van der Waals surface area contributed by atoms with Crippen molar-refractivity contribution < 1.29 is 14.6 Å². The van der Waals surface area contributed by atoms with Crippen molar-refractivity contribution in [2.24, 2.45) is 0 Å². The van der Waals surface area contributed by atoms with Crippen LogP contribution < -0.4 is 5.32 Å². The van der Waals surface area contributed by atoms with Crippen LogP contribution in [0.3, 0.4) is 0 Å². The van der Waals surface area contributed by atoms with Gasteiger partial charge in [-0.2, -0.15) is 0 Å². The van der Waals surface area contributed by atoms with E-state index in [9.17, 15) is 9.90 Å². The Kier molecular flexibility index (Phi) is 3.31. The lowest BCUT2D eigenvalue weighted by Gasteiger charge is -2.08. The molecule has 0 bridgehead atoms. The average Bonchev–Trinajstić information content (AvgIpc) is 3.08. The van der Waals surface area contributed by atoms with Crippen LogP contribution in [0.1, 0.15) is 29.2 Å². The van der Waals surface area contributed by atoms with Crippen LogP contribution in [0.4, 0.5) is 0 Å². The molecule has 0 amide bonds. The highest BCUT2D eigenvalue weighted by Crippen LogP contribution is 2.25. The Morgan fingerprint density at radius 2 is 2.50 bits per heavy atom. The van der Waals surface area contributed by atoms with E-state index in [0.29, 0.717) is 11.6 Å². The molecule has 1 aliphatic rings. The second-order valence-corrected chi connectivity index (χ2v) is 4.98. The van der Waals surface area contributed by atoms with E-state index in [1.807, 2.05) is 0 Å². The van der Waals surface area contributed by atoms with Crippen molar-refractivity contribution in [2.45, 2.75) is 25.3 Å². The van der Waals surface area contributed by atoms with Crippen molar-refractivity contribution in [2.75, 3.05) is 13.7 Å². The second-order valence-electron chi connectivity index (χ2n) is 4.98. The fraction of sp³-hybridized carbons (Fsp3) is 0.429. The number of nitrogens with one attached hydrogen (secondary N) is 1. The van der Waals surface area contributed by atoms with Gasteiger partial charge in [-0.25, -0.2) is 9.78 Å². The van der Waals surface area contributed by atoms with Gasteiger partial charge in [0.2, 0.25) is 0 Å². The van der Waals surface area contributed by atoms with Gasteiger partial charge in [-0.15, -0.1) is 0 Å². The zero-order valence-electron chi connectivity index (χ0n) is 11.3. The molecule has 2 N–H and O–H groups in total. The van der Waals surface area contributed by atoms with Crippen LogP contribution in [0.2, 0.25) is 0 Å². The summed E-state index contributed by atoms with van der Waals surface area (Å²) in [5, 5.41) is 13.4. The lowest BCUT2D eigenvalue weighted by atomic mass is 10.1. The Hall–Kier alpha value is -2.08. The summed E-state index contributed by atoms with van der Waals surface area (Å²) < 4.78 is 6.51. The molecule has 1 saturated heterocycles. The van der Waals surface area contributed by atoms with E-state index in [4.69, 9.17) is 4.74 Å². The second kappa shape index (κ2) is 5.13. The van der Waals surface area contributed by atoms with Crippen molar-refractivity contribution in [1.82, 2.24) is 14.7 Å². The number of nitrogens with zero attached hydrogens (tertiary/aromatic N) is 2. The minimum Gasteiger partial charge on any atom is -0.506 e. The lowest BCUT2D eigenvalue weighted by Crippen LogP contribution is -2.24. The van der Waals surface area contributed by atoms with Gasteiger partial charge < -0.3 is 15.2 Å². The summed E-state index contributed by atoms with van der Waals surface area (Å²) in [4.78, 5) is 16.2. The van der Waals surface area contributed by atoms with Gasteiger partial charge in [0.25, 0.3) is 0 Å². The van der Waals surface area contributed by atoms with Gasteiger partial charge in [0.1, 0.15) is 17.1 Å². The van der Waals surface area contributed by atoms with Crippen LogP contribution in [-0.2, 0) is 11.2 Å². The quantitative estimate of drug-likeness (QED) is 0.821. The smallest absolute Gasteiger partial charge is 0.359 e. The topological polar surface area (TPSA) is 75.9 Å². The maximum Gasteiger partial charge on any atom is 0.359 e. The largest absolute Gasteiger partial charge is 0.506 e. The van der Waals surface area contributed by atoms with Crippen LogP contribution in [0, 0.1) is 0 Å². The Morgan fingerprint density at radius 1 is 1.65 bits per heavy atom. The molecule has 2 aromatic heterocycles. The number of hydrogen-bond acceptors (Lipinski definition) is 5. The number of pyridine rings is 1. The molecule has 0 aromatic carbocycles. The summed E-state index contributed by atoms with van der Waals surface area (Å²) in [5.41, 5.74) is 0.575. The first-order valence-corrected chi connectivity index (χ1v) is 6.71. The summed E-state index contributed by atoms with van der Waals surface area (Å²) >= 11 is 0. The highest BCUT2D eigenvalue weighted by molar-refractivity contribution is 5.96. The fourth-order valence-corrected chi connectivity index (χ4v) is 2.72. The van der Waals surface area contributed by atoms with Gasteiger partial charge >= 0.3 is 5.97 Å². The zero-order chi connectivity index (χ0) is 14.1. The third kappa shape index (κ3) is 2.12. The monoisotopic (exact) mass is 275 g/mol. The number of methoxy groups -OCH3 is 1. The summed E-state index contributed by atoms with van der Waals surface area (Å²) in [5.74, 6) is 0.261. The summed E-state index contributed by atoms with van der Waals surface area (Å²) in [7, 11) is 1.31. The predicted octanol–water partition coefficient (Wildman–Crippen LogP) is 1.12. The molecule has 3 rings (SSSR count). The van der Waals surface area contributed by atoms with Crippen LogP contribution >= 0.6 is 0 Å². The first kappa shape index (κ1) is 12.9. The maximum absolute atomic E-state index is 11.8. The van der Waals surface area contributed by atoms with Gasteiger partial charge in [-0.05, 0) is 31.5 Å². The maximum atomic E-state index is 11.8. The number of aromatic nitrogens is 2. The molecule has 20 heavy (non-hydrogen) atoms. The van der Waals surface area contributed by atoms with Gasteiger partial charge in [0, 0.05) is 18.7 Å². The summed E-state index contributed by atoms with van der Waals surface area (Å²) in [6, 6.07) is 3.64. The number of imidazole rings is 1. The van der Waals surface area contributed by atoms with Gasteiger partial charge in [0.15, 0.2) is 5.69 Å². The molecule has 3 heterocycles. The van der Waals surface area contributed by atoms with E-state index in [-0.39, 0.29) is 11.4 Å². The molecule has 0 saturated carbocycles. The van der Waals surface area contributed by atoms with Crippen LogP contribution in [-0.4, -0.2) is 40.2 Å². The van der Waals surface area contributed by atoms with E-state index in [2.05, 4.69) is 10.3 Å². The first-order valence-electron chi connectivity index (χ1n) is 6.71. The number of rotatable bonds is 3. The number of ether oxygens (including phenoxy) is 1. The van der Waals surface area contributed by atoms with Crippen molar-refractivity contribution in [1.29, 1.82) is 0 Å². The molecule has 6 heteroatoms. The molecular weight excluding hydrogens is 258 g/mol. The Balaban J connectivity index is 2.07. The molecule has 0 radical (unpaired) electrons. The number of hydrogen-bond donors (Lipinski definition) is 2. The molecule has 6 nitrogen and oxygen atoms in total. The molecule has 1 aliphatic heterocycles. The number of carbonyl (C=O) groups excluding carboxylic acids is 1. The van der Waals surface area contributed by atoms with E-state index in [0.717, 1.165) is 31.6 Å². The van der Waals surface area contributed by atoms with Crippen molar-refractivity contribution >= 4 is 11.5 Å². The van der Waals surface area contributed by atoms with Crippen LogP contribution in [0.25, 0.3) is 5.52 Å². The van der Waals surface area contributed by atoms with E-state index in [1.54, 1.807) is 22.7 Å². The highest BCUT2D eigenvalue weighted by Gasteiger charge is 2.23. The third-order valence-electron chi connectivity index (χ3n) is 3.69. The van der Waals surface area contributed by atoms with Crippen molar-refractivity contribution in [3.8, 4) is 5.75 Å². The van der Waals surface area contributed by atoms with Gasteiger partial charge in [-0.1, -0.05) is 0 Å². The first-order chi connectivity index (χ1) is 9.70. The zero-order valence-corrected chi connectivity index (χ0v) is 11.3.